The van der Waals surface area contributed by atoms with Gasteiger partial charge < -0.3 is 21.3 Å². The zero-order valence-corrected chi connectivity index (χ0v) is 17.2. The van der Waals surface area contributed by atoms with Crippen LogP contribution in [0.3, 0.4) is 0 Å². The lowest BCUT2D eigenvalue weighted by Crippen LogP contribution is -2.35. The van der Waals surface area contributed by atoms with Crippen LogP contribution in [0.1, 0.15) is 15.9 Å². The van der Waals surface area contributed by atoms with Gasteiger partial charge in [0.25, 0.3) is 5.91 Å². The molecule has 0 aliphatic rings. The smallest absolute Gasteiger partial charge is 0.323 e. The van der Waals surface area contributed by atoms with E-state index < -0.39 is 0 Å². The summed E-state index contributed by atoms with van der Waals surface area (Å²) >= 11 is 0. The Labute approximate surface area is 185 Å². The van der Waals surface area contributed by atoms with Crippen molar-refractivity contribution in [2.75, 3.05) is 23.7 Å². The lowest BCUT2D eigenvalue weighted by molar-refractivity contribution is -0.120. The summed E-state index contributed by atoms with van der Waals surface area (Å²) in [6.45, 7) is 0.526. The monoisotopic (exact) mass is 434 g/mol. The van der Waals surface area contributed by atoms with Gasteiger partial charge in [-0.25, -0.2) is 9.18 Å². The number of hydrogen-bond acceptors (Lipinski definition) is 3. The Morgan fingerprint density at radius 3 is 1.94 bits per heavy atom. The second-order valence-corrected chi connectivity index (χ2v) is 6.93. The molecular weight excluding hydrogens is 411 g/mol. The van der Waals surface area contributed by atoms with Gasteiger partial charge in [-0.05, 0) is 54.1 Å². The summed E-state index contributed by atoms with van der Waals surface area (Å²) in [4.78, 5) is 36.1. The Morgan fingerprint density at radius 2 is 1.28 bits per heavy atom. The number of carbonyl (C=O) groups excluding carboxylic acids is 3. The van der Waals surface area contributed by atoms with Gasteiger partial charge in [0.1, 0.15) is 5.82 Å². The van der Waals surface area contributed by atoms with E-state index in [4.69, 9.17) is 0 Å². The van der Waals surface area contributed by atoms with Crippen molar-refractivity contribution in [1.82, 2.24) is 10.6 Å². The van der Waals surface area contributed by atoms with Crippen molar-refractivity contribution in [1.29, 1.82) is 0 Å². The maximum atomic E-state index is 12.9. The third-order valence-corrected chi connectivity index (χ3v) is 4.45. The molecule has 0 spiro atoms. The number of carbonyl (C=O) groups is 3. The second kappa shape index (κ2) is 11.3. The first-order valence-electron chi connectivity index (χ1n) is 10.0. The van der Waals surface area contributed by atoms with Crippen molar-refractivity contribution in [3.8, 4) is 0 Å². The number of halogens is 1. The van der Waals surface area contributed by atoms with E-state index in [1.165, 1.54) is 12.1 Å². The van der Waals surface area contributed by atoms with E-state index in [-0.39, 0.29) is 43.2 Å². The zero-order valence-electron chi connectivity index (χ0n) is 17.2. The van der Waals surface area contributed by atoms with Crippen LogP contribution in [-0.2, 0) is 11.2 Å². The van der Waals surface area contributed by atoms with Crippen molar-refractivity contribution in [3.63, 3.8) is 0 Å². The third kappa shape index (κ3) is 7.24. The fourth-order valence-corrected chi connectivity index (χ4v) is 2.85. The Balaban J connectivity index is 1.37. The highest BCUT2D eigenvalue weighted by Crippen LogP contribution is 2.11. The maximum Gasteiger partial charge on any atom is 0.323 e. The Morgan fingerprint density at radius 1 is 0.688 bits per heavy atom. The molecule has 3 rings (SSSR count). The van der Waals surface area contributed by atoms with Crippen LogP contribution in [0, 0.1) is 5.82 Å². The number of amides is 4. The molecule has 3 aromatic carbocycles. The van der Waals surface area contributed by atoms with E-state index >= 15 is 0 Å². The van der Waals surface area contributed by atoms with E-state index in [1.807, 2.05) is 18.2 Å². The molecule has 0 aromatic heterocycles. The van der Waals surface area contributed by atoms with Crippen LogP contribution >= 0.6 is 0 Å². The summed E-state index contributed by atoms with van der Waals surface area (Å²) < 4.78 is 12.9. The van der Waals surface area contributed by atoms with E-state index in [0.717, 1.165) is 0 Å². The number of benzene rings is 3. The van der Waals surface area contributed by atoms with E-state index in [1.54, 1.807) is 48.5 Å². The highest BCUT2D eigenvalue weighted by atomic mass is 19.1. The molecule has 4 amide bonds. The van der Waals surface area contributed by atoms with Gasteiger partial charge in [0.05, 0.1) is 6.42 Å². The molecule has 0 bridgehead atoms. The van der Waals surface area contributed by atoms with Gasteiger partial charge in [-0.3, -0.25) is 9.59 Å². The van der Waals surface area contributed by atoms with E-state index in [2.05, 4.69) is 21.3 Å². The number of anilines is 2. The average Bonchev–Trinajstić information content (AvgIpc) is 2.79. The molecule has 0 aliphatic heterocycles. The largest absolute Gasteiger partial charge is 0.354 e. The molecule has 0 heterocycles. The van der Waals surface area contributed by atoms with Crippen LogP contribution in [0.2, 0.25) is 0 Å². The van der Waals surface area contributed by atoms with Crippen molar-refractivity contribution in [2.45, 2.75) is 6.42 Å². The number of para-hydroxylation sites is 1. The minimum absolute atomic E-state index is 0.139. The normalized spacial score (nSPS) is 10.2. The van der Waals surface area contributed by atoms with Crippen LogP contribution in [-0.4, -0.2) is 30.9 Å². The molecule has 0 radical (unpaired) electrons. The molecule has 32 heavy (non-hydrogen) atoms. The molecule has 7 nitrogen and oxygen atoms in total. The van der Waals surface area contributed by atoms with Crippen LogP contribution in [0.4, 0.5) is 20.6 Å². The Kier molecular flexibility index (Phi) is 7.91. The SMILES string of the molecule is O=C(Cc1ccc(F)cc1)NCCNC(=O)c1ccc(NC(=O)Nc2ccccc2)cc1. The first-order chi connectivity index (χ1) is 15.5. The molecule has 0 saturated heterocycles. The average molecular weight is 434 g/mol. The summed E-state index contributed by atoms with van der Waals surface area (Å²) in [6.07, 6.45) is 0.139. The number of urea groups is 1. The fraction of sp³-hybridized carbons (Fsp3) is 0.125. The van der Waals surface area contributed by atoms with Gasteiger partial charge in [-0.2, -0.15) is 0 Å². The summed E-state index contributed by atoms with van der Waals surface area (Å²) in [5, 5.41) is 10.8. The van der Waals surface area contributed by atoms with Crippen LogP contribution < -0.4 is 21.3 Å². The molecule has 164 valence electrons. The van der Waals surface area contributed by atoms with Crippen LogP contribution in [0.15, 0.2) is 78.9 Å². The topological polar surface area (TPSA) is 99.3 Å². The van der Waals surface area contributed by atoms with Crippen molar-refractivity contribution in [3.05, 3.63) is 95.8 Å². The fourth-order valence-electron chi connectivity index (χ4n) is 2.85. The van der Waals surface area contributed by atoms with Crippen LogP contribution in [0.5, 0.6) is 0 Å². The van der Waals surface area contributed by atoms with E-state index in [0.29, 0.717) is 22.5 Å². The van der Waals surface area contributed by atoms with Gasteiger partial charge >= 0.3 is 6.03 Å². The Hall–Kier alpha value is -4.20. The molecule has 4 N–H and O–H groups in total. The van der Waals surface area contributed by atoms with Crippen molar-refractivity contribution in [2.24, 2.45) is 0 Å². The van der Waals surface area contributed by atoms with Gasteiger partial charge in [-0.1, -0.05) is 30.3 Å². The molecule has 0 atom stereocenters. The standard InChI is InChI=1S/C24H23FN4O3/c25-19-10-6-17(7-11-19)16-22(30)26-14-15-27-23(31)18-8-12-21(13-9-18)29-24(32)28-20-4-2-1-3-5-20/h1-13H,14-16H2,(H,26,30)(H,27,31)(H2,28,29,32). The molecule has 0 aliphatic carbocycles. The summed E-state index contributed by atoms with van der Waals surface area (Å²) in [6, 6.07) is 20.8. The van der Waals surface area contributed by atoms with Gasteiger partial charge in [0, 0.05) is 30.0 Å². The number of hydrogen-bond donors (Lipinski definition) is 4. The number of nitrogens with one attached hydrogen (secondary N) is 4. The lowest BCUT2D eigenvalue weighted by Gasteiger charge is -2.09. The molecule has 3 aromatic rings. The highest BCUT2D eigenvalue weighted by molar-refractivity contribution is 6.00. The third-order valence-electron chi connectivity index (χ3n) is 4.45. The molecule has 0 saturated carbocycles. The van der Waals surface area contributed by atoms with Gasteiger partial charge in [0.2, 0.25) is 5.91 Å². The highest BCUT2D eigenvalue weighted by Gasteiger charge is 2.08. The quantitative estimate of drug-likeness (QED) is 0.408. The minimum Gasteiger partial charge on any atom is -0.354 e. The maximum absolute atomic E-state index is 12.9. The van der Waals surface area contributed by atoms with Crippen molar-refractivity contribution < 1.29 is 18.8 Å². The predicted molar refractivity (Wildman–Crippen MR) is 121 cm³/mol. The van der Waals surface area contributed by atoms with E-state index in [9.17, 15) is 18.8 Å². The van der Waals surface area contributed by atoms with Crippen molar-refractivity contribution >= 4 is 29.2 Å². The predicted octanol–water partition coefficient (Wildman–Crippen LogP) is 3.56. The lowest BCUT2D eigenvalue weighted by atomic mass is 10.1. The molecule has 8 heteroatoms. The Bertz CT molecular complexity index is 1050. The minimum atomic E-state index is -0.384. The number of rotatable bonds is 8. The zero-order chi connectivity index (χ0) is 22.8. The summed E-state index contributed by atoms with van der Waals surface area (Å²) in [5.41, 5.74) is 2.35. The van der Waals surface area contributed by atoms with Gasteiger partial charge in [0.15, 0.2) is 0 Å². The van der Waals surface area contributed by atoms with Crippen LogP contribution in [0.25, 0.3) is 0 Å². The summed E-state index contributed by atoms with van der Waals surface area (Å²) in [7, 11) is 0. The van der Waals surface area contributed by atoms with Gasteiger partial charge in [-0.15, -0.1) is 0 Å². The molecule has 0 fully saturated rings. The molecule has 0 unspecified atom stereocenters. The first kappa shape index (κ1) is 22.5. The second-order valence-electron chi connectivity index (χ2n) is 6.93. The first-order valence-corrected chi connectivity index (χ1v) is 10.0. The molecular formula is C24H23FN4O3. The summed E-state index contributed by atoms with van der Waals surface area (Å²) in [5.74, 6) is -0.857.